The number of fused-ring (bicyclic) bond motifs is 1. The summed E-state index contributed by atoms with van der Waals surface area (Å²) in [7, 11) is 1.85. The monoisotopic (exact) mass is 247 g/mol. The number of amides is 1. The van der Waals surface area contributed by atoms with E-state index in [1.807, 2.05) is 39.1 Å². The molecule has 0 aromatic heterocycles. The molecule has 0 radical (unpaired) electrons. The summed E-state index contributed by atoms with van der Waals surface area (Å²) in [6, 6.07) is 6.16. The van der Waals surface area contributed by atoms with Crippen molar-refractivity contribution < 1.29 is 4.79 Å². The van der Waals surface area contributed by atoms with Crippen LogP contribution in [0.4, 0.5) is 11.4 Å². The van der Waals surface area contributed by atoms with Crippen molar-refractivity contribution in [1.82, 2.24) is 4.90 Å². The molecule has 0 fully saturated rings. The summed E-state index contributed by atoms with van der Waals surface area (Å²) >= 11 is 0. The lowest BCUT2D eigenvalue weighted by Gasteiger charge is -2.26. The van der Waals surface area contributed by atoms with Gasteiger partial charge >= 0.3 is 0 Å². The molecule has 0 atom stereocenters. The number of carbonyl (C=O) groups is 1. The number of hydrogen-bond acceptors (Lipinski definition) is 3. The number of nitrogen functional groups attached to an aromatic ring is 1. The zero-order valence-corrected chi connectivity index (χ0v) is 11.3. The van der Waals surface area contributed by atoms with Gasteiger partial charge in [-0.25, -0.2) is 0 Å². The fourth-order valence-corrected chi connectivity index (χ4v) is 2.22. The normalized spacial score (nSPS) is 13.9. The van der Waals surface area contributed by atoms with Crippen molar-refractivity contribution >= 4 is 17.3 Å². The summed E-state index contributed by atoms with van der Waals surface area (Å²) in [6.07, 6.45) is 0.971. The lowest BCUT2D eigenvalue weighted by Crippen LogP contribution is -2.41. The molecule has 0 saturated heterocycles. The summed E-state index contributed by atoms with van der Waals surface area (Å²) < 4.78 is 0. The smallest absolute Gasteiger partial charge is 0.242 e. The Labute approximate surface area is 108 Å². The highest BCUT2D eigenvalue weighted by atomic mass is 16.2. The minimum atomic E-state index is 0.162. The number of nitrogens with two attached hydrogens (primary N) is 1. The van der Waals surface area contributed by atoms with Gasteiger partial charge in [-0.3, -0.25) is 4.79 Å². The number of hydrogen-bond donors (Lipinski definition) is 1. The highest BCUT2D eigenvalue weighted by molar-refractivity contribution is 5.82. The van der Waals surface area contributed by atoms with Crippen LogP contribution in [-0.4, -0.2) is 37.0 Å². The van der Waals surface area contributed by atoms with E-state index in [1.165, 1.54) is 5.56 Å². The minimum Gasteiger partial charge on any atom is -0.399 e. The van der Waals surface area contributed by atoms with Gasteiger partial charge in [0.25, 0.3) is 0 Å². The molecular formula is C14H21N3O. The Balaban J connectivity index is 2.08. The van der Waals surface area contributed by atoms with Crippen LogP contribution in [0.3, 0.4) is 0 Å². The molecule has 1 aromatic rings. The Bertz CT molecular complexity index is 456. The van der Waals surface area contributed by atoms with Crippen molar-refractivity contribution in [2.45, 2.75) is 26.3 Å². The predicted octanol–water partition coefficient (Wildman–Crippen LogP) is 1.50. The van der Waals surface area contributed by atoms with Gasteiger partial charge in [-0.1, -0.05) is 0 Å². The maximum Gasteiger partial charge on any atom is 0.242 e. The van der Waals surface area contributed by atoms with E-state index >= 15 is 0 Å². The van der Waals surface area contributed by atoms with Gasteiger partial charge in [-0.05, 0) is 44.0 Å². The van der Waals surface area contributed by atoms with Crippen molar-refractivity contribution in [1.29, 1.82) is 0 Å². The molecule has 2 rings (SSSR count). The van der Waals surface area contributed by atoms with Crippen LogP contribution in [-0.2, 0) is 11.2 Å². The van der Waals surface area contributed by atoms with Crippen molar-refractivity contribution in [2.75, 3.05) is 30.8 Å². The van der Waals surface area contributed by atoms with E-state index < -0.39 is 0 Å². The first-order valence-corrected chi connectivity index (χ1v) is 6.38. The van der Waals surface area contributed by atoms with Gasteiger partial charge < -0.3 is 15.5 Å². The first-order chi connectivity index (χ1) is 8.49. The van der Waals surface area contributed by atoms with E-state index in [0.717, 1.165) is 24.3 Å². The topological polar surface area (TPSA) is 49.6 Å². The molecule has 1 amide bonds. The fraction of sp³-hybridized carbons (Fsp3) is 0.500. The van der Waals surface area contributed by atoms with E-state index in [-0.39, 0.29) is 11.9 Å². The van der Waals surface area contributed by atoms with Crippen LogP contribution in [0, 0.1) is 0 Å². The molecule has 0 unspecified atom stereocenters. The van der Waals surface area contributed by atoms with E-state index in [4.69, 9.17) is 5.73 Å². The maximum atomic E-state index is 12.1. The fourth-order valence-electron chi connectivity index (χ4n) is 2.22. The van der Waals surface area contributed by atoms with E-state index in [2.05, 4.69) is 4.90 Å². The molecule has 1 aromatic carbocycles. The third-order valence-electron chi connectivity index (χ3n) is 3.59. The number of benzene rings is 1. The molecule has 1 heterocycles. The van der Waals surface area contributed by atoms with Crippen LogP contribution in [0.15, 0.2) is 18.2 Å². The molecule has 18 heavy (non-hydrogen) atoms. The molecule has 98 valence electrons. The second-order valence-electron chi connectivity index (χ2n) is 5.16. The van der Waals surface area contributed by atoms with E-state index in [9.17, 15) is 4.79 Å². The van der Waals surface area contributed by atoms with Gasteiger partial charge in [0, 0.05) is 31.0 Å². The highest BCUT2D eigenvalue weighted by Gasteiger charge is 2.23. The lowest BCUT2D eigenvalue weighted by atomic mass is 10.1. The highest BCUT2D eigenvalue weighted by Crippen LogP contribution is 2.29. The van der Waals surface area contributed by atoms with Gasteiger partial charge in [-0.15, -0.1) is 0 Å². The quantitative estimate of drug-likeness (QED) is 0.823. The largest absolute Gasteiger partial charge is 0.399 e. The van der Waals surface area contributed by atoms with Crippen LogP contribution in [0.1, 0.15) is 19.4 Å². The molecule has 4 nitrogen and oxygen atoms in total. The summed E-state index contributed by atoms with van der Waals surface area (Å²) in [6.45, 7) is 5.40. The second kappa shape index (κ2) is 4.88. The van der Waals surface area contributed by atoms with Crippen LogP contribution in [0.5, 0.6) is 0 Å². The summed E-state index contributed by atoms with van der Waals surface area (Å²) in [5.41, 5.74) is 8.96. The van der Waals surface area contributed by atoms with Gasteiger partial charge in [-0.2, -0.15) is 0 Å². The molecule has 4 heteroatoms. The summed E-state index contributed by atoms with van der Waals surface area (Å²) in [5.74, 6) is 0.162. The number of nitrogens with zero attached hydrogens (tertiary/aromatic N) is 2. The van der Waals surface area contributed by atoms with Gasteiger partial charge in [0.1, 0.15) is 0 Å². The number of carbonyl (C=O) groups excluding carboxylic acids is 1. The first kappa shape index (κ1) is 12.7. The molecule has 0 bridgehead atoms. The van der Waals surface area contributed by atoms with Crippen LogP contribution in [0.2, 0.25) is 0 Å². The Hall–Kier alpha value is -1.71. The molecule has 0 spiro atoms. The van der Waals surface area contributed by atoms with Crippen LogP contribution in [0.25, 0.3) is 0 Å². The van der Waals surface area contributed by atoms with Crippen molar-refractivity contribution in [3.05, 3.63) is 23.8 Å². The van der Waals surface area contributed by atoms with E-state index in [1.54, 1.807) is 4.90 Å². The molecule has 1 aliphatic heterocycles. The Morgan fingerprint density at radius 3 is 2.89 bits per heavy atom. The third kappa shape index (κ3) is 2.42. The minimum absolute atomic E-state index is 0.162. The molecule has 0 saturated carbocycles. The zero-order chi connectivity index (χ0) is 13.3. The molecule has 0 aliphatic carbocycles. The van der Waals surface area contributed by atoms with Gasteiger partial charge in [0.15, 0.2) is 0 Å². The second-order valence-corrected chi connectivity index (χ2v) is 5.16. The average molecular weight is 247 g/mol. The molecular weight excluding hydrogens is 226 g/mol. The summed E-state index contributed by atoms with van der Waals surface area (Å²) in [5, 5.41) is 0. The lowest BCUT2D eigenvalue weighted by molar-refractivity contribution is -0.129. The predicted molar refractivity (Wildman–Crippen MR) is 74.7 cm³/mol. The number of anilines is 2. The Morgan fingerprint density at radius 2 is 2.22 bits per heavy atom. The standard InChI is InChI=1S/C14H21N3O/c1-10(2)16(3)14(18)9-17-7-6-11-8-12(15)4-5-13(11)17/h4-5,8,10H,6-7,9,15H2,1-3H3. The van der Waals surface area contributed by atoms with Crippen LogP contribution < -0.4 is 10.6 Å². The van der Waals surface area contributed by atoms with Gasteiger partial charge in [0.2, 0.25) is 5.91 Å². The summed E-state index contributed by atoms with van der Waals surface area (Å²) in [4.78, 5) is 16.0. The van der Waals surface area contributed by atoms with E-state index in [0.29, 0.717) is 6.54 Å². The maximum absolute atomic E-state index is 12.1. The number of rotatable bonds is 3. The first-order valence-electron chi connectivity index (χ1n) is 6.38. The Morgan fingerprint density at radius 1 is 1.50 bits per heavy atom. The average Bonchev–Trinajstić information content (AvgIpc) is 2.70. The van der Waals surface area contributed by atoms with Gasteiger partial charge in [0.05, 0.1) is 6.54 Å². The SMILES string of the molecule is CC(C)N(C)C(=O)CN1CCc2cc(N)ccc21. The zero-order valence-electron chi connectivity index (χ0n) is 11.3. The van der Waals surface area contributed by atoms with Crippen molar-refractivity contribution in [3.8, 4) is 0 Å². The van der Waals surface area contributed by atoms with Crippen molar-refractivity contribution in [3.63, 3.8) is 0 Å². The molecule has 2 N–H and O–H groups in total. The third-order valence-corrected chi connectivity index (χ3v) is 3.59. The Kier molecular flexibility index (Phi) is 3.45. The molecule has 1 aliphatic rings. The van der Waals surface area contributed by atoms with Crippen molar-refractivity contribution in [2.24, 2.45) is 0 Å². The van der Waals surface area contributed by atoms with Crippen LogP contribution >= 0.6 is 0 Å². The number of likely N-dealkylation sites (N-methyl/N-ethyl adjacent to an activating group) is 1.